The van der Waals surface area contributed by atoms with Crippen LogP contribution in [0.2, 0.25) is 0 Å². The predicted molar refractivity (Wildman–Crippen MR) is 75.4 cm³/mol. The van der Waals surface area contributed by atoms with Crippen molar-refractivity contribution in [3.8, 4) is 0 Å². The summed E-state index contributed by atoms with van der Waals surface area (Å²) in [7, 11) is -1.06. The van der Waals surface area contributed by atoms with Crippen LogP contribution in [0.25, 0.3) is 0 Å². The summed E-state index contributed by atoms with van der Waals surface area (Å²) in [4.78, 5) is 0.853. The van der Waals surface area contributed by atoms with Gasteiger partial charge in [-0.15, -0.1) is 0 Å². The van der Waals surface area contributed by atoms with Crippen molar-refractivity contribution in [1.29, 1.82) is 0 Å². The van der Waals surface area contributed by atoms with E-state index in [4.69, 9.17) is 0 Å². The van der Waals surface area contributed by atoms with E-state index < -0.39 is 10.8 Å². The Morgan fingerprint density at radius 1 is 1.35 bits per heavy atom. The molecule has 2 heteroatoms. The van der Waals surface area contributed by atoms with Crippen molar-refractivity contribution in [3.63, 3.8) is 0 Å². The fourth-order valence-electron chi connectivity index (χ4n) is 1.47. The van der Waals surface area contributed by atoms with Crippen LogP contribution in [0.5, 0.6) is 0 Å². The SMILES string of the molecule is C=C/C(=C/[S@](=O)c1ccc(C)cc1)CCCC. The van der Waals surface area contributed by atoms with Crippen LogP contribution in [0.3, 0.4) is 0 Å². The van der Waals surface area contributed by atoms with Crippen molar-refractivity contribution in [2.45, 2.75) is 38.0 Å². The molecule has 0 N–H and O–H groups in total. The van der Waals surface area contributed by atoms with Gasteiger partial charge in [0.25, 0.3) is 0 Å². The second kappa shape index (κ2) is 7.23. The maximum atomic E-state index is 12.1. The number of unbranched alkanes of at least 4 members (excludes halogenated alkanes) is 1. The van der Waals surface area contributed by atoms with Gasteiger partial charge in [-0.1, -0.05) is 43.7 Å². The minimum Gasteiger partial charge on any atom is -0.250 e. The van der Waals surface area contributed by atoms with Gasteiger partial charge in [0, 0.05) is 10.3 Å². The number of rotatable bonds is 6. The molecule has 0 aromatic heterocycles. The minimum atomic E-state index is -1.06. The maximum absolute atomic E-state index is 12.1. The number of hydrogen-bond donors (Lipinski definition) is 0. The van der Waals surface area contributed by atoms with Gasteiger partial charge in [-0.25, -0.2) is 4.21 Å². The third-order valence-corrected chi connectivity index (χ3v) is 3.85. The van der Waals surface area contributed by atoms with E-state index in [0.717, 1.165) is 29.7 Å². The van der Waals surface area contributed by atoms with E-state index in [1.54, 1.807) is 0 Å². The summed E-state index contributed by atoms with van der Waals surface area (Å²) in [6.07, 6.45) is 5.02. The Bertz CT molecular complexity index is 415. The Labute approximate surface area is 107 Å². The highest BCUT2D eigenvalue weighted by Crippen LogP contribution is 2.14. The van der Waals surface area contributed by atoms with Crippen molar-refractivity contribution in [3.05, 3.63) is 53.5 Å². The van der Waals surface area contributed by atoms with Crippen molar-refractivity contribution >= 4 is 10.8 Å². The van der Waals surface area contributed by atoms with E-state index in [9.17, 15) is 4.21 Å². The van der Waals surface area contributed by atoms with E-state index in [1.165, 1.54) is 5.56 Å². The van der Waals surface area contributed by atoms with E-state index in [0.29, 0.717) is 0 Å². The number of aryl methyl sites for hydroxylation is 1. The summed E-state index contributed by atoms with van der Waals surface area (Å²) >= 11 is 0. The molecule has 0 aliphatic rings. The summed E-state index contributed by atoms with van der Waals surface area (Å²) in [5.41, 5.74) is 2.26. The van der Waals surface area contributed by atoms with Gasteiger partial charge in [0.2, 0.25) is 0 Å². The molecule has 0 saturated carbocycles. The third-order valence-electron chi connectivity index (χ3n) is 2.59. The van der Waals surface area contributed by atoms with Gasteiger partial charge in [-0.05, 0) is 37.5 Å². The Hall–Kier alpha value is -1.15. The normalized spacial score (nSPS) is 13.4. The van der Waals surface area contributed by atoms with Gasteiger partial charge in [-0.3, -0.25) is 0 Å². The van der Waals surface area contributed by atoms with Crippen LogP contribution in [-0.2, 0) is 10.8 Å². The third kappa shape index (κ3) is 4.70. The van der Waals surface area contributed by atoms with Gasteiger partial charge in [0.05, 0.1) is 10.8 Å². The quantitative estimate of drug-likeness (QED) is 0.683. The van der Waals surface area contributed by atoms with Gasteiger partial charge in [-0.2, -0.15) is 0 Å². The first kappa shape index (κ1) is 13.9. The minimum absolute atomic E-state index is 0.853. The number of hydrogen-bond acceptors (Lipinski definition) is 1. The standard InChI is InChI=1S/C15H20OS/c1-4-6-7-14(5-2)12-17(16)15-10-8-13(3)9-11-15/h5,8-12H,2,4,6-7H2,1,3H3/b14-12-/t17-/m0/s1. The predicted octanol–water partition coefficient (Wildman–Crippen LogP) is 4.36. The molecule has 92 valence electrons. The zero-order valence-electron chi connectivity index (χ0n) is 10.6. The molecule has 1 aromatic rings. The molecule has 0 saturated heterocycles. The lowest BCUT2D eigenvalue weighted by Gasteiger charge is -2.02. The van der Waals surface area contributed by atoms with Crippen LogP contribution < -0.4 is 0 Å². The average Bonchev–Trinajstić information content (AvgIpc) is 2.35. The zero-order valence-corrected chi connectivity index (χ0v) is 11.4. The molecule has 0 radical (unpaired) electrons. The average molecular weight is 248 g/mol. The topological polar surface area (TPSA) is 17.1 Å². The van der Waals surface area contributed by atoms with Crippen LogP contribution in [0.4, 0.5) is 0 Å². The summed E-state index contributed by atoms with van der Waals surface area (Å²) in [5, 5.41) is 1.81. The Balaban J connectivity index is 2.78. The van der Waals surface area contributed by atoms with E-state index in [1.807, 2.05) is 42.7 Å². The molecule has 1 nitrogen and oxygen atoms in total. The van der Waals surface area contributed by atoms with Crippen molar-refractivity contribution < 1.29 is 4.21 Å². The van der Waals surface area contributed by atoms with Gasteiger partial charge >= 0.3 is 0 Å². The largest absolute Gasteiger partial charge is 0.250 e. The monoisotopic (exact) mass is 248 g/mol. The molecule has 1 rings (SSSR count). The Morgan fingerprint density at radius 2 is 2.00 bits per heavy atom. The molecule has 1 aromatic carbocycles. The lowest BCUT2D eigenvalue weighted by Crippen LogP contribution is -1.89. The lowest BCUT2D eigenvalue weighted by atomic mass is 10.1. The van der Waals surface area contributed by atoms with Crippen LogP contribution in [0.15, 0.2) is 52.8 Å². The summed E-state index contributed by atoms with van der Waals surface area (Å²) in [6, 6.07) is 7.81. The van der Waals surface area contributed by atoms with Gasteiger partial charge < -0.3 is 0 Å². The molecule has 1 atom stereocenters. The number of allylic oxidation sites excluding steroid dienone is 2. The highest BCUT2D eigenvalue weighted by molar-refractivity contribution is 7.88. The van der Waals surface area contributed by atoms with Crippen LogP contribution in [0, 0.1) is 6.92 Å². The summed E-state index contributed by atoms with van der Waals surface area (Å²) < 4.78 is 12.1. The first-order valence-corrected chi connectivity index (χ1v) is 7.19. The van der Waals surface area contributed by atoms with Gasteiger partial charge in [0.15, 0.2) is 0 Å². The molecule has 0 aliphatic carbocycles. The fraction of sp³-hybridized carbons (Fsp3) is 0.333. The molecule has 0 heterocycles. The first-order valence-electron chi connectivity index (χ1n) is 5.97. The Kier molecular flexibility index (Phi) is 5.92. The van der Waals surface area contributed by atoms with Crippen molar-refractivity contribution in [2.75, 3.05) is 0 Å². The summed E-state index contributed by atoms with van der Waals surface area (Å²) in [6.45, 7) is 7.95. The second-order valence-corrected chi connectivity index (χ2v) is 5.41. The molecule has 0 fully saturated rings. The molecule has 0 amide bonds. The van der Waals surface area contributed by atoms with Crippen molar-refractivity contribution in [2.24, 2.45) is 0 Å². The smallest absolute Gasteiger partial charge is 0.0778 e. The zero-order chi connectivity index (χ0) is 12.7. The molecular formula is C15H20OS. The fourth-order valence-corrected chi connectivity index (χ4v) is 2.50. The van der Waals surface area contributed by atoms with E-state index >= 15 is 0 Å². The van der Waals surface area contributed by atoms with E-state index in [2.05, 4.69) is 13.5 Å². The number of benzene rings is 1. The first-order chi connectivity index (χ1) is 8.17. The molecule has 0 aliphatic heterocycles. The maximum Gasteiger partial charge on any atom is 0.0778 e. The molecule has 0 unspecified atom stereocenters. The van der Waals surface area contributed by atoms with Gasteiger partial charge in [0.1, 0.15) is 0 Å². The molecular weight excluding hydrogens is 228 g/mol. The molecule has 0 bridgehead atoms. The van der Waals surface area contributed by atoms with E-state index in [-0.39, 0.29) is 0 Å². The highest BCUT2D eigenvalue weighted by atomic mass is 32.2. The lowest BCUT2D eigenvalue weighted by molar-refractivity contribution is 0.688. The highest BCUT2D eigenvalue weighted by Gasteiger charge is 2.01. The van der Waals surface area contributed by atoms with Crippen molar-refractivity contribution in [1.82, 2.24) is 0 Å². The summed E-state index contributed by atoms with van der Waals surface area (Å²) in [5.74, 6) is 0. The van der Waals surface area contributed by atoms with Crippen LogP contribution in [-0.4, -0.2) is 4.21 Å². The molecule has 17 heavy (non-hydrogen) atoms. The molecule has 0 spiro atoms. The van der Waals surface area contributed by atoms with Crippen LogP contribution in [0.1, 0.15) is 31.7 Å². The van der Waals surface area contributed by atoms with Crippen LogP contribution >= 0.6 is 0 Å². The second-order valence-electron chi connectivity index (χ2n) is 4.11. The Morgan fingerprint density at radius 3 is 2.53 bits per heavy atom.